The Balaban J connectivity index is 1.35. The first-order chi connectivity index (χ1) is 14.7. The lowest BCUT2D eigenvalue weighted by molar-refractivity contribution is -0.131. The molecule has 30 heavy (non-hydrogen) atoms. The minimum Gasteiger partial charge on any atom is -0.343 e. The monoisotopic (exact) mass is 396 g/mol. The van der Waals surface area contributed by atoms with Gasteiger partial charge in [-0.2, -0.15) is 0 Å². The SMILES string of the molecule is O=C(CCC(=O)N1CCCC1)Nc1ccc2c(ccc3c4ccccc4ccc23)c1. The molecule has 5 rings (SSSR count). The number of benzene rings is 4. The standard InChI is InChI=1S/C26H24N2O2/c29-25(13-14-26(30)28-15-3-4-16-28)27-20-9-12-22-19(17-20)8-11-23-21-6-2-1-5-18(21)7-10-24(22)23/h1-2,5-12,17H,3-4,13-16H2,(H,27,29). The van der Waals surface area contributed by atoms with Gasteiger partial charge in [0.1, 0.15) is 0 Å². The highest BCUT2D eigenvalue weighted by Crippen LogP contribution is 2.32. The van der Waals surface area contributed by atoms with Crippen molar-refractivity contribution < 1.29 is 9.59 Å². The molecule has 4 aromatic rings. The molecule has 0 bridgehead atoms. The van der Waals surface area contributed by atoms with E-state index >= 15 is 0 Å². The molecule has 4 nitrogen and oxygen atoms in total. The molecular formula is C26H24N2O2. The smallest absolute Gasteiger partial charge is 0.224 e. The molecule has 1 heterocycles. The fourth-order valence-corrected chi connectivity index (χ4v) is 4.48. The van der Waals surface area contributed by atoms with Crippen LogP contribution in [0.15, 0.2) is 66.7 Å². The third-order valence-corrected chi connectivity index (χ3v) is 6.05. The van der Waals surface area contributed by atoms with Gasteiger partial charge in [0, 0.05) is 31.6 Å². The van der Waals surface area contributed by atoms with Crippen LogP contribution in [-0.4, -0.2) is 29.8 Å². The maximum absolute atomic E-state index is 12.3. The van der Waals surface area contributed by atoms with E-state index in [2.05, 4.69) is 59.9 Å². The number of likely N-dealkylation sites (tertiary alicyclic amines) is 1. The molecule has 0 atom stereocenters. The van der Waals surface area contributed by atoms with Crippen LogP contribution in [-0.2, 0) is 9.59 Å². The Hall–Kier alpha value is -3.40. The quantitative estimate of drug-likeness (QED) is 0.464. The van der Waals surface area contributed by atoms with E-state index in [1.54, 1.807) is 0 Å². The van der Waals surface area contributed by atoms with Crippen LogP contribution in [0.3, 0.4) is 0 Å². The highest BCUT2D eigenvalue weighted by molar-refractivity contribution is 6.17. The first-order valence-corrected chi connectivity index (χ1v) is 10.6. The topological polar surface area (TPSA) is 49.4 Å². The van der Waals surface area contributed by atoms with Gasteiger partial charge in [0.15, 0.2) is 0 Å². The minimum absolute atomic E-state index is 0.0832. The zero-order chi connectivity index (χ0) is 20.5. The number of anilines is 1. The summed E-state index contributed by atoms with van der Waals surface area (Å²) in [5.74, 6) is -0.0338. The van der Waals surface area contributed by atoms with Crippen LogP contribution in [0.5, 0.6) is 0 Å². The van der Waals surface area contributed by atoms with Crippen molar-refractivity contribution in [1.82, 2.24) is 4.90 Å². The Labute approximate surface area is 175 Å². The summed E-state index contributed by atoms with van der Waals surface area (Å²) in [7, 11) is 0. The number of rotatable bonds is 4. The lowest BCUT2D eigenvalue weighted by Gasteiger charge is -2.15. The Bertz CT molecular complexity index is 1270. The van der Waals surface area contributed by atoms with E-state index in [-0.39, 0.29) is 24.7 Å². The second-order valence-corrected chi connectivity index (χ2v) is 8.02. The number of fused-ring (bicyclic) bond motifs is 5. The number of carbonyl (C=O) groups is 2. The van der Waals surface area contributed by atoms with Crippen molar-refractivity contribution in [2.75, 3.05) is 18.4 Å². The minimum atomic E-state index is -0.117. The molecule has 150 valence electrons. The van der Waals surface area contributed by atoms with Crippen molar-refractivity contribution >= 4 is 49.8 Å². The number of hydrogen-bond acceptors (Lipinski definition) is 2. The van der Waals surface area contributed by atoms with E-state index in [0.29, 0.717) is 0 Å². The normalized spacial score (nSPS) is 13.9. The molecule has 1 aliphatic heterocycles. The highest BCUT2D eigenvalue weighted by atomic mass is 16.2. The van der Waals surface area contributed by atoms with Crippen LogP contribution in [0.1, 0.15) is 25.7 Å². The zero-order valence-electron chi connectivity index (χ0n) is 16.9. The molecule has 0 spiro atoms. The molecule has 1 saturated heterocycles. The lowest BCUT2D eigenvalue weighted by Crippen LogP contribution is -2.28. The van der Waals surface area contributed by atoms with Gasteiger partial charge in [-0.3, -0.25) is 9.59 Å². The van der Waals surface area contributed by atoms with Crippen molar-refractivity contribution in [3.05, 3.63) is 66.7 Å². The number of nitrogens with zero attached hydrogens (tertiary/aromatic N) is 1. The largest absolute Gasteiger partial charge is 0.343 e. The molecule has 4 aromatic carbocycles. The van der Waals surface area contributed by atoms with Gasteiger partial charge in [-0.25, -0.2) is 0 Å². The van der Waals surface area contributed by atoms with Crippen LogP contribution in [0.2, 0.25) is 0 Å². The van der Waals surface area contributed by atoms with Gasteiger partial charge in [0.05, 0.1) is 0 Å². The summed E-state index contributed by atoms with van der Waals surface area (Å²) in [5.41, 5.74) is 0.765. The molecule has 0 aromatic heterocycles. The van der Waals surface area contributed by atoms with Crippen molar-refractivity contribution in [1.29, 1.82) is 0 Å². The molecule has 2 amide bonds. The van der Waals surface area contributed by atoms with Gasteiger partial charge in [0.2, 0.25) is 11.8 Å². The molecule has 1 fully saturated rings. The number of amides is 2. The summed E-state index contributed by atoms with van der Waals surface area (Å²) in [6.45, 7) is 1.66. The molecule has 0 radical (unpaired) electrons. The van der Waals surface area contributed by atoms with E-state index in [9.17, 15) is 9.59 Å². The molecule has 1 aliphatic rings. The van der Waals surface area contributed by atoms with Crippen LogP contribution < -0.4 is 5.32 Å². The van der Waals surface area contributed by atoms with Crippen molar-refractivity contribution in [3.63, 3.8) is 0 Å². The van der Waals surface area contributed by atoms with Crippen LogP contribution in [0, 0.1) is 0 Å². The van der Waals surface area contributed by atoms with E-state index in [1.807, 2.05) is 17.0 Å². The van der Waals surface area contributed by atoms with E-state index < -0.39 is 0 Å². The maximum atomic E-state index is 12.3. The maximum Gasteiger partial charge on any atom is 0.224 e. The molecule has 1 N–H and O–H groups in total. The number of hydrogen-bond donors (Lipinski definition) is 1. The molecular weight excluding hydrogens is 372 g/mol. The first-order valence-electron chi connectivity index (χ1n) is 10.6. The summed E-state index contributed by atoms with van der Waals surface area (Å²) in [4.78, 5) is 26.3. The molecule has 0 saturated carbocycles. The van der Waals surface area contributed by atoms with Gasteiger partial charge in [-0.05, 0) is 57.3 Å². The fourth-order valence-electron chi connectivity index (χ4n) is 4.48. The average molecular weight is 396 g/mol. The second-order valence-electron chi connectivity index (χ2n) is 8.02. The summed E-state index contributed by atoms with van der Waals surface area (Å²) < 4.78 is 0. The Morgan fingerprint density at radius 3 is 2.20 bits per heavy atom. The van der Waals surface area contributed by atoms with Gasteiger partial charge in [-0.15, -0.1) is 0 Å². The molecule has 4 heteroatoms. The molecule has 0 unspecified atom stereocenters. The van der Waals surface area contributed by atoms with Crippen molar-refractivity contribution in [2.24, 2.45) is 0 Å². The Kier molecular flexibility index (Phi) is 4.83. The van der Waals surface area contributed by atoms with Gasteiger partial charge < -0.3 is 10.2 Å². The summed E-state index contributed by atoms with van der Waals surface area (Å²) in [6.07, 6.45) is 2.63. The van der Waals surface area contributed by atoms with Crippen LogP contribution in [0.4, 0.5) is 5.69 Å². The van der Waals surface area contributed by atoms with Crippen molar-refractivity contribution in [2.45, 2.75) is 25.7 Å². The Morgan fingerprint density at radius 1 is 0.733 bits per heavy atom. The summed E-state index contributed by atoms with van der Waals surface area (Å²) in [6, 6.07) is 23.0. The highest BCUT2D eigenvalue weighted by Gasteiger charge is 2.18. The van der Waals surface area contributed by atoms with Crippen LogP contribution in [0.25, 0.3) is 32.3 Å². The predicted octanol–water partition coefficient (Wildman–Crippen LogP) is 5.49. The lowest BCUT2D eigenvalue weighted by atomic mass is 9.97. The van der Waals surface area contributed by atoms with Gasteiger partial charge in [0.25, 0.3) is 0 Å². The third kappa shape index (κ3) is 3.50. The number of carbonyl (C=O) groups excluding carboxylic acids is 2. The van der Waals surface area contributed by atoms with E-state index in [4.69, 9.17) is 0 Å². The zero-order valence-corrected chi connectivity index (χ0v) is 16.9. The fraction of sp³-hybridized carbons (Fsp3) is 0.231. The Morgan fingerprint density at radius 2 is 1.40 bits per heavy atom. The third-order valence-electron chi connectivity index (χ3n) is 6.05. The van der Waals surface area contributed by atoms with Crippen LogP contribution >= 0.6 is 0 Å². The second kappa shape index (κ2) is 7.79. The van der Waals surface area contributed by atoms with Gasteiger partial charge in [-0.1, -0.05) is 54.6 Å². The van der Waals surface area contributed by atoms with E-state index in [1.165, 1.54) is 26.9 Å². The van der Waals surface area contributed by atoms with E-state index in [0.717, 1.165) is 37.0 Å². The van der Waals surface area contributed by atoms with Gasteiger partial charge >= 0.3 is 0 Å². The average Bonchev–Trinajstić information content (AvgIpc) is 3.32. The van der Waals surface area contributed by atoms with Crippen molar-refractivity contribution in [3.8, 4) is 0 Å². The predicted molar refractivity (Wildman–Crippen MR) is 123 cm³/mol. The summed E-state index contributed by atoms with van der Waals surface area (Å²) >= 11 is 0. The molecule has 0 aliphatic carbocycles. The first kappa shape index (κ1) is 18.6. The summed E-state index contributed by atoms with van der Waals surface area (Å²) in [5, 5.41) is 10.1. The number of nitrogens with one attached hydrogen (secondary N) is 1.